The summed E-state index contributed by atoms with van der Waals surface area (Å²) >= 11 is 1.62. The van der Waals surface area contributed by atoms with Crippen molar-refractivity contribution in [3.63, 3.8) is 0 Å². The molecular formula is C11H17N5S. The molecule has 0 bridgehead atoms. The fourth-order valence-electron chi connectivity index (χ4n) is 2.05. The number of aromatic nitrogens is 4. The topological polar surface area (TPSA) is 69.1 Å². The Labute approximate surface area is 104 Å². The molecule has 92 valence electrons. The Morgan fingerprint density at radius 2 is 2.18 bits per heavy atom. The van der Waals surface area contributed by atoms with Crippen LogP contribution in [0.15, 0.2) is 0 Å². The molecule has 0 spiro atoms. The second-order valence-corrected chi connectivity index (χ2v) is 6.04. The normalized spacial score (nSPS) is 18.1. The van der Waals surface area contributed by atoms with Crippen LogP contribution in [-0.4, -0.2) is 26.4 Å². The quantitative estimate of drug-likeness (QED) is 0.899. The van der Waals surface area contributed by atoms with E-state index in [2.05, 4.69) is 29.1 Å². The van der Waals surface area contributed by atoms with Crippen molar-refractivity contribution in [3.05, 3.63) is 10.8 Å². The van der Waals surface area contributed by atoms with Gasteiger partial charge in [0.25, 0.3) is 0 Å². The fraction of sp³-hybridized carbons (Fsp3) is 0.727. The van der Waals surface area contributed by atoms with Gasteiger partial charge >= 0.3 is 0 Å². The number of nitrogens with two attached hydrogens (primary N) is 1. The van der Waals surface area contributed by atoms with E-state index in [1.165, 1.54) is 12.8 Å². The van der Waals surface area contributed by atoms with Crippen LogP contribution >= 0.6 is 11.3 Å². The van der Waals surface area contributed by atoms with E-state index >= 15 is 0 Å². The van der Waals surface area contributed by atoms with E-state index in [0.717, 1.165) is 15.8 Å². The minimum Gasteiger partial charge on any atom is -0.330 e. The van der Waals surface area contributed by atoms with Crippen molar-refractivity contribution in [2.75, 3.05) is 6.54 Å². The first-order valence-corrected chi connectivity index (χ1v) is 6.94. The maximum absolute atomic E-state index is 5.83. The highest BCUT2D eigenvalue weighted by atomic mass is 32.1. The number of nitrogens with zero attached hydrogens (tertiary/aromatic N) is 4. The molecule has 2 heterocycles. The summed E-state index contributed by atoms with van der Waals surface area (Å²) in [7, 11) is 0. The van der Waals surface area contributed by atoms with Crippen molar-refractivity contribution in [2.24, 2.45) is 11.7 Å². The van der Waals surface area contributed by atoms with Crippen LogP contribution in [0.3, 0.4) is 0 Å². The molecule has 2 aromatic rings. The molecule has 1 unspecified atom stereocenters. The maximum Gasteiger partial charge on any atom is 0.234 e. The Morgan fingerprint density at radius 1 is 1.41 bits per heavy atom. The van der Waals surface area contributed by atoms with E-state index < -0.39 is 0 Å². The summed E-state index contributed by atoms with van der Waals surface area (Å²) in [5.74, 6) is 2.44. The summed E-state index contributed by atoms with van der Waals surface area (Å²) < 4.78 is 1.92. The maximum atomic E-state index is 5.83. The van der Waals surface area contributed by atoms with Gasteiger partial charge in [0.2, 0.25) is 4.96 Å². The summed E-state index contributed by atoms with van der Waals surface area (Å²) in [6, 6.07) is 0. The summed E-state index contributed by atoms with van der Waals surface area (Å²) in [4.78, 5) is 0.904. The summed E-state index contributed by atoms with van der Waals surface area (Å²) in [5.41, 5.74) is 5.83. The fourth-order valence-corrected chi connectivity index (χ4v) is 3.18. The minimum absolute atomic E-state index is 0.328. The molecule has 2 aromatic heterocycles. The molecule has 0 aromatic carbocycles. The smallest absolute Gasteiger partial charge is 0.234 e. The first-order chi connectivity index (χ1) is 8.20. The molecular weight excluding hydrogens is 234 g/mol. The van der Waals surface area contributed by atoms with E-state index in [-0.39, 0.29) is 0 Å². The molecule has 0 amide bonds. The molecule has 0 saturated heterocycles. The van der Waals surface area contributed by atoms with Crippen LogP contribution in [0.25, 0.3) is 4.96 Å². The Kier molecular flexibility index (Phi) is 2.63. The second kappa shape index (κ2) is 4.03. The van der Waals surface area contributed by atoms with E-state index in [9.17, 15) is 0 Å². The molecule has 1 aliphatic rings. The van der Waals surface area contributed by atoms with Crippen molar-refractivity contribution in [1.29, 1.82) is 0 Å². The minimum atomic E-state index is 0.328. The van der Waals surface area contributed by atoms with Crippen LogP contribution in [0, 0.1) is 5.92 Å². The second-order valence-electron chi connectivity index (χ2n) is 5.05. The molecule has 1 aliphatic carbocycles. The van der Waals surface area contributed by atoms with Crippen molar-refractivity contribution in [3.8, 4) is 0 Å². The molecule has 1 fully saturated rings. The molecule has 2 N–H and O–H groups in total. The van der Waals surface area contributed by atoms with Gasteiger partial charge in [-0.2, -0.15) is 9.61 Å². The van der Waals surface area contributed by atoms with Gasteiger partial charge in [0.1, 0.15) is 5.01 Å². The van der Waals surface area contributed by atoms with Crippen LogP contribution in [0.1, 0.15) is 49.4 Å². The monoisotopic (exact) mass is 251 g/mol. The van der Waals surface area contributed by atoms with Gasteiger partial charge in [-0.1, -0.05) is 25.2 Å². The zero-order valence-electron chi connectivity index (χ0n) is 10.1. The Morgan fingerprint density at radius 3 is 2.76 bits per heavy atom. The molecule has 0 aliphatic heterocycles. The van der Waals surface area contributed by atoms with E-state index in [1.807, 2.05) is 4.52 Å². The molecule has 1 saturated carbocycles. The number of hydrogen-bond donors (Lipinski definition) is 1. The summed E-state index contributed by atoms with van der Waals surface area (Å²) in [6.45, 7) is 5.00. The third-order valence-electron chi connectivity index (χ3n) is 3.35. The van der Waals surface area contributed by atoms with Crippen molar-refractivity contribution < 1.29 is 0 Å². The highest BCUT2D eigenvalue weighted by molar-refractivity contribution is 7.16. The first kappa shape index (κ1) is 11.1. The zero-order chi connectivity index (χ0) is 12.0. The Balaban J connectivity index is 2.00. The van der Waals surface area contributed by atoms with Crippen molar-refractivity contribution >= 4 is 16.3 Å². The Hall–Kier alpha value is -1.01. The van der Waals surface area contributed by atoms with E-state index in [1.54, 1.807) is 11.3 Å². The summed E-state index contributed by atoms with van der Waals surface area (Å²) in [6.07, 6.45) is 2.44. The van der Waals surface area contributed by atoms with Crippen LogP contribution < -0.4 is 5.73 Å². The highest BCUT2D eigenvalue weighted by Gasteiger charge is 2.30. The zero-order valence-corrected chi connectivity index (χ0v) is 10.9. The third-order valence-corrected chi connectivity index (χ3v) is 4.38. The van der Waals surface area contributed by atoms with Gasteiger partial charge in [-0.3, -0.25) is 0 Å². The number of hydrogen-bond acceptors (Lipinski definition) is 5. The summed E-state index contributed by atoms with van der Waals surface area (Å²) in [5, 5.41) is 14.2. The van der Waals surface area contributed by atoms with Crippen LogP contribution in [-0.2, 0) is 0 Å². The van der Waals surface area contributed by atoms with Crippen molar-refractivity contribution in [2.45, 2.75) is 38.5 Å². The van der Waals surface area contributed by atoms with Gasteiger partial charge in [0.15, 0.2) is 5.82 Å². The molecule has 17 heavy (non-hydrogen) atoms. The molecule has 5 nitrogen and oxygen atoms in total. The number of rotatable bonds is 4. The lowest BCUT2D eigenvalue weighted by atomic mass is 9.97. The first-order valence-electron chi connectivity index (χ1n) is 6.12. The predicted molar refractivity (Wildman–Crippen MR) is 67.3 cm³/mol. The third kappa shape index (κ3) is 1.85. The van der Waals surface area contributed by atoms with Crippen molar-refractivity contribution in [1.82, 2.24) is 19.8 Å². The van der Waals surface area contributed by atoms with E-state index in [4.69, 9.17) is 5.73 Å². The molecule has 6 heteroatoms. The number of fused-ring (bicyclic) bond motifs is 1. The Bertz CT molecular complexity index is 525. The van der Waals surface area contributed by atoms with Gasteiger partial charge in [-0.05, 0) is 18.8 Å². The largest absolute Gasteiger partial charge is 0.330 e. The average Bonchev–Trinajstić information content (AvgIpc) is 2.91. The lowest BCUT2D eigenvalue weighted by molar-refractivity contribution is 0.498. The molecule has 0 radical (unpaired) electrons. The van der Waals surface area contributed by atoms with Crippen LogP contribution in [0.5, 0.6) is 0 Å². The van der Waals surface area contributed by atoms with Gasteiger partial charge in [-0.15, -0.1) is 10.2 Å². The average molecular weight is 251 g/mol. The lowest BCUT2D eigenvalue weighted by Crippen LogP contribution is -2.18. The molecule has 3 rings (SSSR count). The highest BCUT2D eigenvalue weighted by Crippen LogP contribution is 2.39. The lowest BCUT2D eigenvalue weighted by Gasteiger charge is -2.14. The molecule has 1 atom stereocenters. The van der Waals surface area contributed by atoms with Gasteiger partial charge in [-0.25, -0.2) is 0 Å². The SMILES string of the molecule is CC(C)C(CN)c1nn2c(C3CC3)nnc2s1. The van der Waals surface area contributed by atoms with E-state index in [0.29, 0.717) is 24.3 Å². The van der Waals surface area contributed by atoms with Gasteiger partial charge in [0.05, 0.1) is 0 Å². The van der Waals surface area contributed by atoms with Crippen LogP contribution in [0.4, 0.5) is 0 Å². The van der Waals surface area contributed by atoms with Crippen LogP contribution in [0.2, 0.25) is 0 Å². The van der Waals surface area contributed by atoms with Gasteiger partial charge < -0.3 is 5.73 Å². The standard InChI is InChI=1S/C11H17N5S/c1-6(2)8(5-12)10-15-16-9(7-3-4-7)13-14-11(16)17-10/h6-8H,3-5,12H2,1-2H3. The van der Waals surface area contributed by atoms with Gasteiger partial charge in [0, 0.05) is 18.4 Å². The predicted octanol–water partition coefficient (Wildman–Crippen LogP) is 1.76.